The molecule has 0 radical (unpaired) electrons. The van der Waals surface area contributed by atoms with Crippen LogP contribution in [0.1, 0.15) is 12.0 Å². The van der Waals surface area contributed by atoms with E-state index in [-0.39, 0.29) is 17.7 Å². The van der Waals surface area contributed by atoms with Gasteiger partial charge in [0.25, 0.3) is 0 Å². The van der Waals surface area contributed by atoms with Crippen molar-refractivity contribution in [2.24, 2.45) is 0 Å². The van der Waals surface area contributed by atoms with Crippen molar-refractivity contribution in [3.63, 3.8) is 0 Å². The van der Waals surface area contributed by atoms with E-state index in [1.807, 2.05) is 0 Å². The molecule has 2 atom stereocenters. The predicted octanol–water partition coefficient (Wildman–Crippen LogP) is 1.89. The van der Waals surface area contributed by atoms with Gasteiger partial charge in [-0.25, -0.2) is 4.39 Å². The van der Waals surface area contributed by atoms with Gasteiger partial charge in [-0.05, 0) is 30.7 Å². The van der Waals surface area contributed by atoms with Crippen molar-refractivity contribution in [3.05, 3.63) is 29.6 Å². The van der Waals surface area contributed by atoms with E-state index >= 15 is 0 Å². The number of carbonyl (C=O) groups is 1. The molecule has 0 saturated heterocycles. The van der Waals surface area contributed by atoms with Gasteiger partial charge in [-0.15, -0.1) is 0 Å². The quantitative estimate of drug-likeness (QED) is 0.739. The molecule has 5 heteroatoms. The molecule has 2 unspecified atom stereocenters. The van der Waals surface area contributed by atoms with Crippen LogP contribution in [-0.2, 0) is 14.3 Å². The molecule has 0 heterocycles. The van der Waals surface area contributed by atoms with E-state index in [1.165, 1.54) is 12.1 Å². The monoisotopic (exact) mass is 268 g/mol. The Balaban J connectivity index is 1.93. The standard InChI is InChI=1S/C14H17FO4/c1-9-7-10(15)3-4-12(9)19-13-8-11(16)14(13)18-6-5-17-2/h3-4,7,13-14H,5-6,8H2,1-2H3. The third kappa shape index (κ3) is 3.30. The van der Waals surface area contributed by atoms with Crippen molar-refractivity contribution in [2.75, 3.05) is 20.3 Å². The first-order valence-electron chi connectivity index (χ1n) is 6.18. The van der Waals surface area contributed by atoms with Crippen LogP contribution in [0.15, 0.2) is 18.2 Å². The van der Waals surface area contributed by atoms with Gasteiger partial charge in [0, 0.05) is 13.5 Å². The highest BCUT2D eigenvalue weighted by atomic mass is 19.1. The van der Waals surface area contributed by atoms with E-state index in [4.69, 9.17) is 14.2 Å². The zero-order valence-corrected chi connectivity index (χ0v) is 11.0. The lowest BCUT2D eigenvalue weighted by Gasteiger charge is -2.35. The number of hydrogen-bond acceptors (Lipinski definition) is 4. The summed E-state index contributed by atoms with van der Waals surface area (Å²) >= 11 is 0. The van der Waals surface area contributed by atoms with Crippen molar-refractivity contribution in [1.29, 1.82) is 0 Å². The Bertz CT molecular complexity index is 461. The Morgan fingerprint density at radius 3 is 2.79 bits per heavy atom. The van der Waals surface area contributed by atoms with Gasteiger partial charge >= 0.3 is 0 Å². The van der Waals surface area contributed by atoms with Crippen LogP contribution in [0.25, 0.3) is 0 Å². The Morgan fingerprint density at radius 1 is 1.37 bits per heavy atom. The van der Waals surface area contributed by atoms with E-state index in [0.29, 0.717) is 30.9 Å². The topological polar surface area (TPSA) is 44.8 Å². The second-order valence-corrected chi connectivity index (χ2v) is 4.52. The number of Topliss-reactive ketones (excluding diaryl/α,β-unsaturated/α-hetero) is 1. The molecule has 4 nitrogen and oxygen atoms in total. The van der Waals surface area contributed by atoms with Crippen LogP contribution in [0.3, 0.4) is 0 Å². The highest BCUT2D eigenvalue weighted by Crippen LogP contribution is 2.28. The summed E-state index contributed by atoms with van der Waals surface area (Å²) in [6.07, 6.45) is -0.512. The Morgan fingerprint density at radius 2 is 2.16 bits per heavy atom. The molecule has 2 rings (SSSR count). The average molecular weight is 268 g/mol. The van der Waals surface area contributed by atoms with Crippen molar-refractivity contribution >= 4 is 5.78 Å². The van der Waals surface area contributed by atoms with Crippen LogP contribution in [-0.4, -0.2) is 38.3 Å². The SMILES string of the molecule is COCCOC1C(=O)CC1Oc1ccc(F)cc1C. The Hall–Kier alpha value is -1.46. The molecule has 19 heavy (non-hydrogen) atoms. The van der Waals surface area contributed by atoms with Gasteiger partial charge < -0.3 is 14.2 Å². The molecule has 1 fully saturated rings. The summed E-state index contributed by atoms with van der Waals surface area (Å²) in [6, 6.07) is 4.31. The molecular formula is C14H17FO4. The smallest absolute Gasteiger partial charge is 0.169 e. The number of carbonyl (C=O) groups excluding carboxylic acids is 1. The molecule has 0 spiro atoms. The molecule has 1 aromatic carbocycles. The maximum Gasteiger partial charge on any atom is 0.169 e. The van der Waals surface area contributed by atoms with Crippen LogP contribution in [0.4, 0.5) is 4.39 Å². The molecule has 104 valence electrons. The van der Waals surface area contributed by atoms with Gasteiger partial charge in [-0.2, -0.15) is 0 Å². The number of rotatable bonds is 6. The number of methoxy groups -OCH3 is 1. The van der Waals surface area contributed by atoms with Gasteiger partial charge in [0.1, 0.15) is 17.7 Å². The molecule has 0 aromatic heterocycles. The minimum Gasteiger partial charge on any atom is -0.486 e. The van der Waals surface area contributed by atoms with E-state index in [0.717, 1.165) is 0 Å². The van der Waals surface area contributed by atoms with Crippen molar-refractivity contribution in [1.82, 2.24) is 0 Å². The van der Waals surface area contributed by atoms with Crippen LogP contribution in [0.2, 0.25) is 0 Å². The average Bonchev–Trinajstić information content (AvgIpc) is 2.37. The zero-order chi connectivity index (χ0) is 13.8. The number of hydrogen-bond donors (Lipinski definition) is 0. The lowest BCUT2D eigenvalue weighted by Crippen LogP contribution is -2.52. The fourth-order valence-corrected chi connectivity index (χ4v) is 1.94. The summed E-state index contributed by atoms with van der Waals surface area (Å²) < 4.78 is 28.9. The van der Waals surface area contributed by atoms with E-state index in [9.17, 15) is 9.18 Å². The van der Waals surface area contributed by atoms with Gasteiger partial charge in [-0.1, -0.05) is 0 Å². The molecule has 0 aliphatic heterocycles. The lowest BCUT2D eigenvalue weighted by atomic mass is 9.90. The van der Waals surface area contributed by atoms with Crippen molar-refractivity contribution < 1.29 is 23.4 Å². The second kappa shape index (κ2) is 6.12. The normalized spacial score (nSPS) is 22.2. The molecule has 0 amide bonds. The first-order valence-corrected chi connectivity index (χ1v) is 6.18. The largest absolute Gasteiger partial charge is 0.486 e. The van der Waals surface area contributed by atoms with E-state index in [2.05, 4.69) is 0 Å². The summed E-state index contributed by atoms with van der Waals surface area (Å²) in [6.45, 7) is 2.56. The number of aryl methyl sites for hydroxylation is 1. The predicted molar refractivity (Wildman–Crippen MR) is 66.8 cm³/mol. The second-order valence-electron chi connectivity index (χ2n) is 4.52. The molecule has 1 aliphatic rings. The minimum absolute atomic E-state index is 0.0286. The van der Waals surface area contributed by atoms with E-state index < -0.39 is 6.10 Å². The molecule has 1 aliphatic carbocycles. The summed E-state index contributed by atoms with van der Waals surface area (Å²) in [4.78, 5) is 11.5. The zero-order valence-electron chi connectivity index (χ0n) is 11.0. The summed E-state index contributed by atoms with van der Waals surface area (Å²) in [7, 11) is 1.57. The summed E-state index contributed by atoms with van der Waals surface area (Å²) in [5.41, 5.74) is 0.704. The number of benzene rings is 1. The van der Waals surface area contributed by atoms with Gasteiger partial charge in [0.2, 0.25) is 0 Å². The third-order valence-corrected chi connectivity index (χ3v) is 3.06. The number of ketones is 1. The molecule has 1 aromatic rings. The highest BCUT2D eigenvalue weighted by Gasteiger charge is 2.42. The van der Waals surface area contributed by atoms with Crippen molar-refractivity contribution in [3.8, 4) is 5.75 Å². The maximum absolute atomic E-state index is 13.0. The molecule has 0 bridgehead atoms. The van der Waals surface area contributed by atoms with E-state index in [1.54, 1.807) is 20.1 Å². The molecular weight excluding hydrogens is 251 g/mol. The van der Waals surface area contributed by atoms with Crippen molar-refractivity contribution in [2.45, 2.75) is 25.6 Å². The summed E-state index contributed by atoms with van der Waals surface area (Å²) in [5, 5.41) is 0. The van der Waals surface area contributed by atoms with Crippen LogP contribution in [0.5, 0.6) is 5.75 Å². The Kier molecular flexibility index (Phi) is 4.50. The fraction of sp³-hybridized carbons (Fsp3) is 0.500. The summed E-state index contributed by atoms with van der Waals surface area (Å²) in [5.74, 6) is 0.308. The highest BCUT2D eigenvalue weighted by molar-refractivity contribution is 5.90. The van der Waals surface area contributed by atoms with Crippen LogP contribution >= 0.6 is 0 Å². The first-order chi connectivity index (χ1) is 9.11. The number of halogens is 1. The van der Waals surface area contributed by atoms with Crippen LogP contribution in [0, 0.1) is 12.7 Å². The first kappa shape index (κ1) is 14.0. The molecule has 1 saturated carbocycles. The Labute approximate surface area is 111 Å². The van der Waals surface area contributed by atoms with Gasteiger partial charge in [0.05, 0.1) is 13.2 Å². The maximum atomic E-state index is 13.0. The lowest BCUT2D eigenvalue weighted by molar-refractivity contribution is -0.156. The number of ether oxygens (including phenoxy) is 3. The minimum atomic E-state index is -0.542. The van der Waals surface area contributed by atoms with Crippen LogP contribution < -0.4 is 4.74 Å². The fourth-order valence-electron chi connectivity index (χ4n) is 1.94. The molecule has 0 N–H and O–H groups in total. The van der Waals surface area contributed by atoms with Gasteiger partial charge in [-0.3, -0.25) is 4.79 Å². The third-order valence-electron chi connectivity index (χ3n) is 3.06. The van der Waals surface area contributed by atoms with Gasteiger partial charge in [0.15, 0.2) is 11.9 Å².